The van der Waals surface area contributed by atoms with Crippen molar-refractivity contribution in [1.29, 1.82) is 0 Å². The Kier molecular flexibility index (Phi) is 34.4. The first kappa shape index (κ1) is 95.9. The Balaban J connectivity index is 0.964. The Labute approximate surface area is 739 Å². The van der Waals surface area contributed by atoms with Crippen LogP contribution >= 0.6 is 11.6 Å². The van der Waals surface area contributed by atoms with Gasteiger partial charge in [0.25, 0.3) is 10.0 Å². The molecule has 35 nitrogen and oxygen atoms in total. The number of carbonyl (C=O) groups excluding carboxylic acids is 14. The van der Waals surface area contributed by atoms with E-state index in [1.807, 2.05) is 56.3 Å². The summed E-state index contributed by atoms with van der Waals surface area (Å²) in [6.07, 6.45) is 4.18. The van der Waals surface area contributed by atoms with E-state index in [2.05, 4.69) is 83.8 Å². The lowest BCUT2D eigenvalue weighted by molar-refractivity contribution is -0.142. The van der Waals surface area contributed by atoms with Gasteiger partial charge in [-0.3, -0.25) is 82.3 Å². The average molecular weight is 1780 g/mol. The third-order valence-electron chi connectivity index (χ3n) is 21.3. The Bertz CT molecular complexity index is 5400. The maximum Gasteiger partial charge on any atom is 0.322 e. The molecule has 0 bridgehead atoms. The zero-order valence-corrected chi connectivity index (χ0v) is 72.6. The summed E-state index contributed by atoms with van der Waals surface area (Å²) in [5.41, 5.74) is 8.03. The lowest BCUT2D eigenvalue weighted by Gasteiger charge is -2.31. The maximum atomic E-state index is 15.7. The van der Waals surface area contributed by atoms with Gasteiger partial charge >= 0.3 is 6.03 Å². The predicted molar refractivity (Wildman–Crippen MR) is 473 cm³/mol. The number of halogens is 1. The minimum Gasteiger partial charge on any atom is -0.394 e. The molecule has 127 heavy (non-hydrogen) atoms. The molecule has 11 atom stereocenters. The van der Waals surface area contributed by atoms with Gasteiger partial charge in [0.05, 0.1) is 18.5 Å². The molecule has 2 aliphatic rings. The standard InChI is InChI=1S/C90H107ClN18O17S/c1-51(2)41-67(81(115)99-66(20-9-10-38-94-52(3)4)89(123)109-40-14-21-75(109)88(122)96-53(5)79(92)113)100-83(117)70(45-57-28-35-65(36-29-57)108-127(125,126)76-22-11-18-61-19-13-39-95-78(61)76)102-85(119)71(44-56-26-33-64(34-27-56)98-80(114)73-48-77(112)107-90(124)106-73)104-87(121)74(50-110)105-86(120)72(47-59-15-12-37-93-49-59)103-84(118)69(43-55-24-31-63(91)32-25-55)101-82(116)68(97-54(6)111)46-58-23-30-60-16-7-8-17-62(60)42-58/h7-8,11-13,15-19,22-37,39,42,49,51-53,66-75,94,108,110H,9-10,14,20-21,38,40-41,43-48,50H2,1-6H3,(H2,92,113)(H,96,122)(H,97,111)(H,98,114)(H,99,115)(H,100,117)(H,101,116)(H,102,119)(H,103,118)(H,104,121)(H,105,120)(H2,106,107,112,124)/t53-,66+,67+,68-,69-,70-,71+,72-,73?,74+,75+/m1/s1. The topological polar surface area (TPSA) is 517 Å². The van der Waals surface area contributed by atoms with E-state index >= 15 is 28.8 Å². The molecule has 0 saturated carbocycles. The number of sulfonamides is 1. The predicted octanol–water partition coefficient (Wildman–Crippen LogP) is 3.37. The summed E-state index contributed by atoms with van der Waals surface area (Å²) in [5, 5.41) is 48.7. The number of hydrogen-bond acceptors (Lipinski definition) is 20. The molecule has 15 amide bonds. The molecule has 672 valence electrons. The van der Waals surface area contributed by atoms with Crippen LogP contribution < -0.4 is 79.6 Å². The van der Waals surface area contributed by atoms with Crippen LogP contribution in [0.3, 0.4) is 0 Å². The van der Waals surface area contributed by atoms with E-state index in [-0.39, 0.29) is 90.8 Å². The van der Waals surface area contributed by atoms with Gasteiger partial charge in [-0.1, -0.05) is 142 Å². The van der Waals surface area contributed by atoms with Gasteiger partial charge in [0.2, 0.25) is 76.8 Å². The minimum atomic E-state index is -4.31. The first-order valence-electron chi connectivity index (χ1n) is 41.9. The van der Waals surface area contributed by atoms with E-state index in [4.69, 9.17) is 17.3 Å². The minimum absolute atomic E-state index is 0.00613. The lowest BCUT2D eigenvalue weighted by atomic mass is 9.99. The summed E-state index contributed by atoms with van der Waals surface area (Å²) >= 11 is 6.29. The first-order valence-corrected chi connectivity index (χ1v) is 43.7. The van der Waals surface area contributed by atoms with Gasteiger partial charge in [0.1, 0.15) is 71.4 Å². The van der Waals surface area contributed by atoms with Crippen LogP contribution in [0, 0.1) is 5.92 Å². The number of likely N-dealkylation sites (tertiary alicyclic amines) is 1. The van der Waals surface area contributed by atoms with E-state index in [1.165, 1.54) is 91.9 Å². The second kappa shape index (κ2) is 45.5. The Morgan fingerprint density at radius 3 is 1.62 bits per heavy atom. The summed E-state index contributed by atoms with van der Waals surface area (Å²) < 4.78 is 30.7. The Morgan fingerprint density at radius 2 is 1.06 bits per heavy atom. The first-order chi connectivity index (χ1) is 60.6. The molecule has 37 heteroatoms. The molecule has 17 N–H and O–H groups in total. The SMILES string of the molecule is CC(=O)N[C@H](Cc1ccc2ccccc2c1)C(=O)N[C@H](Cc1ccc(Cl)cc1)C(=O)N[C@H](Cc1cccnc1)C(=O)N[C@@H](CO)C(=O)N[C@@H](Cc1ccc(NC(=O)C2CC(=O)NC(=O)N2)cc1)C(=O)N[C@H](Cc1ccc(NS(=O)(=O)c2cccc3cccnc23)cc1)C(=O)N[C@@H](CC(C)C)C(=O)N[C@@H](CCCCNC(C)C)C(=O)N1CCC[C@H]1C(=O)N[C@H](C)C(N)=O. The number of nitrogens with zero attached hydrogens (tertiary/aromatic N) is 3. The molecule has 2 fully saturated rings. The highest BCUT2D eigenvalue weighted by Gasteiger charge is 2.41. The number of unbranched alkanes of at least 4 members (excludes halogenated alkanes) is 1. The van der Waals surface area contributed by atoms with Crippen molar-refractivity contribution in [1.82, 2.24) is 78.7 Å². The number of para-hydroxylation sites is 1. The number of carbonyl (C=O) groups is 14. The van der Waals surface area contributed by atoms with Crippen LogP contribution in [0.2, 0.25) is 5.02 Å². The van der Waals surface area contributed by atoms with Crippen LogP contribution in [0.5, 0.6) is 0 Å². The number of fused-ring (bicyclic) bond motifs is 2. The number of amides is 15. The van der Waals surface area contributed by atoms with Gasteiger partial charge < -0.3 is 79.5 Å². The normalized spacial score (nSPS) is 16.0. The molecule has 0 radical (unpaired) electrons. The summed E-state index contributed by atoms with van der Waals surface area (Å²) in [6, 6.07) is 25.5. The largest absolute Gasteiger partial charge is 0.394 e. The highest BCUT2D eigenvalue weighted by atomic mass is 35.5. The monoisotopic (exact) mass is 1780 g/mol. The molecule has 10 rings (SSSR count). The number of imide groups is 1. The highest BCUT2D eigenvalue weighted by Crippen LogP contribution is 2.27. The summed E-state index contributed by atoms with van der Waals surface area (Å²) in [7, 11) is -4.31. The van der Waals surface area contributed by atoms with Crippen molar-refractivity contribution < 1.29 is 80.6 Å². The lowest BCUT2D eigenvalue weighted by Crippen LogP contribution is -2.62. The fourth-order valence-electron chi connectivity index (χ4n) is 14.7. The van der Waals surface area contributed by atoms with Crippen molar-refractivity contribution in [3.8, 4) is 0 Å². The highest BCUT2D eigenvalue weighted by molar-refractivity contribution is 7.93. The fourth-order valence-corrected chi connectivity index (χ4v) is 16.1. The number of benzene rings is 6. The Morgan fingerprint density at radius 1 is 0.543 bits per heavy atom. The number of aliphatic hydroxyl groups excluding tert-OH is 1. The van der Waals surface area contributed by atoms with E-state index in [0.717, 1.165) is 10.8 Å². The van der Waals surface area contributed by atoms with Crippen molar-refractivity contribution in [2.24, 2.45) is 11.7 Å². The van der Waals surface area contributed by atoms with Crippen LogP contribution in [-0.4, -0.2) is 203 Å². The molecule has 2 aliphatic heterocycles. The number of urea groups is 1. The zero-order valence-electron chi connectivity index (χ0n) is 71.0. The van der Waals surface area contributed by atoms with Gasteiger partial charge in [0.15, 0.2) is 0 Å². The van der Waals surface area contributed by atoms with Crippen LogP contribution in [0.15, 0.2) is 181 Å². The van der Waals surface area contributed by atoms with Crippen LogP contribution in [0.25, 0.3) is 21.7 Å². The number of aliphatic hydroxyl groups is 1. The average Bonchev–Trinajstić information content (AvgIpc) is 1.01. The maximum absolute atomic E-state index is 15.7. The van der Waals surface area contributed by atoms with Gasteiger partial charge in [-0.2, -0.15) is 0 Å². The second-order valence-corrected chi connectivity index (χ2v) is 34.3. The number of pyridine rings is 2. The van der Waals surface area contributed by atoms with Gasteiger partial charge in [0, 0.05) is 92.0 Å². The summed E-state index contributed by atoms with van der Waals surface area (Å²) in [6.45, 7) is 9.65. The number of nitrogens with one attached hydrogen (secondary N) is 14. The molecule has 0 aliphatic carbocycles. The van der Waals surface area contributed by atoms with E-state index < -0.39 is 179 Å². The molecule has 8 aromatic rings. The number of nitrogens with two attached hydrogens (primary N) is 1. The van der Waals surface area contributed by atoms with E-state index in [9.17, 15) is 51.9 Å². The molecular weight excluding hydrogens is 1670 g/mol. The van der Waals surface area contributed by atoms with Gasteiger partial charge in [-0.15, -0.1) is 0 Å². The van der Waals surface area contributed by atoms with E-state index in [1.54, 1.807) is 74.5 Å². The third-order valence-corrected chi connectivity index (χ3v) is 23.0. The third kappa shape index (κ3) is 28.3. The summed E-state index contributed by atoms with van der Waals surface area (Å²) in [4.78, 5) is 207. The van der Waals surface area contributed by atoms with Crippen molar-refractivity contribution in [3.63, 3.8) is 0 Å². The number of hydrogen-bond donors (Lipinski definition) is 16. The quantitative estimate of drug-likeness (QED) is 0.0244. The van der Waals surface area contributed by atoms with E-state index in [0.29, 0.717) is 58.5 Å². The Hall–Kier alpha value is -13.3. The van der Waals surface area contributed by atoms with Crippen molar-refractivity contribution in [2.75, 3.05) is 29.7 Å². The number of rotatable bonds is 43. The fraction of sp³-hybridized carbons (Fsp3) is 0.378. The second-order valence-electron chi connectivity index (χ2n) is 32.2. The molecule has 6 aromatic carbocycles. The molecule has 1 unspecified atom stereocenters. The van der Waals surface area contributed by atoms with Crippen LogP contribution in [-0.2, 0) is 104 Å². The molecule has 2 saturated heterocycles. The smallest absolute Gasteiger partial charge is 0.322 e. The van der Waals surface area contributed by atoms with Crippen molar-refractivity contribution in [2.45, 2.75) is 196 Å². The van der Waals surface area contributed by atoms with Gasteiger partial charge in [-0.25, -0.2) is 13.2 Å². The molecule has 4 heterocycles. The molecule has 0 spiro atoms. The van der Waals surface area contributed by atoms with Gasteiger partial charge in [-0.05, 0) is 151 Å². The van der Waals surface area contributed by atoms with Crippen molar-refractivity contribution >= 4 is 137 Å². The number of anilines is 2. The molecule has 2 aromatic heterocycles. The van der Waals surface area contributed by atoms with Crippen LogP contribution in [0.1, 0.15) is 114 Å². The number of aromatic nitrogens is 2. The number of primary amides is 1. The van der Waals surface area contributed by atoms with Crippen molar-refractivity contribution in [3.05, 3.63) is 209 Å². The zero-order chi connectivity index (χ0) is 91.6. The van der Waals surface area contributed by atoms with Crippen LogP contribution in [0.4, 0.5) is 16.2 Å². The summed E-state index contributed by atoms with van der Waals surface area (Å²) in [5.74, 6) is -11.3. The molecular formula is C90H107ClN18O17S.